The number of hydrogen-bond acceptors (Lipinski definition) is 5. The maximum atomic E-state index is 12.8. The number of hydrogen-bond donors (Lipinski definition) is 2. The van der Waals surface area contributed by atoms with E-state index in [0.717, 1.165) is 12.8 Å². The average molecular weight is 452 g/mol. The van der Waals surface area contributed by atoms with Crippen LogP contribution in [0, 0.1) is 5.92 Å². The summed E-state index contributed by atoms with van der Waals surface area (Å²) in [5.74, 6) is 0.0643. The van der Waals surface area contributed by atoms with Crippen LogP contribution in [0.5, 0.6) is 0 Å². The molecule has 1 heterocycles. The minimum atomic E-state index is -3.86. The fraction of sp³-hybridized carbons (Fsp3) is 0.350. The minimum absolute atomic E-state index is 0.0237. The van der Waals surface area contributed by atoms with E-state index >= 15 is 0 Å². The van der Waals surface area contributed by atoms with Gasteiger partial charge in [-0.05, 0) is 67.3 Å². The molecule has 0 aliphatic carbocycles. The fourth-order valence-corrected chi connectivity index (χ4v) is 6.00. The van der Waals surface area contributed by atoms with Crippen LogP contribution in [0.4, 0.5) is 11.4 Å². The highest BCUT2D eigenvalue weighted by molar-refractivity contribution is 7.92. The predicted octanol–water partition coefficient (Wildman–Crippen LogP) is 2.87. The molecule has 162 valence electrons. The van der Waals surface area contributed by atoms with Gasteiger partial charge in [-0.25, -0.2) is 16.8 Å². The van der Waals surface area contributed by atoms with Gasteiger partial charge in [-0.15, -0.1) is 0 Å². The fourth-order valence-electron chi connectivity index (χ4n) is 3.34. The Bertz CT molecular complexity index is 1110. The molecule has 2 N–H and O–H groups in total. The number of anilines is 2. The van der Waals surface area contributed by atoms with Crippen LogP contribution in [0.3, 0.4) is 0 Å². The molecule has 10 heteroatoms. The molecule has 0 spiro atoms. The van der Waals surface area contributed by atoms with Crippen molar-refractivity contribution in [1.82, 2.24) is 4.31 Å². The van der Waals surface area contributed by atoms with Gasteiger partial charge < -0.3 is 5.32 Å². The van der Waals surface area contributed by atoms with Crippen LogP contribution in [-0.4, -0.2) is 40.1 Å². The van der Waals surface area contributed by atoms with Gasteiger partial charge in [0.25, 0.3) is 10.0 Å². The lowest BCUT2D eigenvalue weighted by Gasteiger charge is -2.30. The summed E-state index contributed by atoms with van der Waals surface area (Å²) in [4.78, 5) is 11.2. The Morgan fingerprint density at radius 2 is 1.50 bits per heavy atom. The van der Waals surface area contributed by atoms with E-state index in [1.807, 2.05) is 6.92 Å². The standard InChI is InChI=1S/C20H25N3O5S2/c1-15-4-3-13-23(14-15)30(27,28)20-11-7-18(8-12-20)22-29(25,26)19-9-5-17(6-10-19)21-16(2)24/h5-12,15,22H,3-4,13-14H2,1-2H3,(H,21,24). The number of piperidine rings is 1. The molecule has 1 aliphatic rings. The lowest BCUT2D eigenvalue weighted by atomic mass is 10.0. The Morgan fingerprint density at radius 1 is 0.933 bits per heavy atom. The van der Waals surface area contributed by atoms with Gasteiger partial charge in [-0.2, -0.15) is 4.31 Å². The largest absolute Gasteiger partial charge is 0.326 e. The zero-order valence-electron chi connectivity index (χ0n) is 16.8. The molecule has 0 aromatic heterocycles. The Morgan fingerprint density at radius 3 is 2.07 bits per heavy atom. The molecule has 1 saturated heterocycles. The van der Waals surface area contributed by atoms with E-state index in [1.54, 1.807) is 0 Å². The van der Waals surface area contributed by atoms with Crippen LogP contribution in [-0.2, 0) is 24.8 Å². The van der Waals surface area contributed by atoms with Gasteiger partial charge in [0, 0.05) is 31.4 Å². The molecular formula is C20H25N3O5S2. The first-order valence-electron chi connectivity index (χ1n) is 9.58. The van der Waals surface area contributed by atoms with Gasteiger partial charge in [0.15, 0.2) is 0 Å². The van der Waals surface area contributed by atoms with Gasteiger partial charge >= 0.3 is 0 Å². The lowest BCUT2D eigenvalue weighted by Crippen LogP contribution is -2.39. The van der Waals surface area contributed by atoms with Gasteiger partial charge in [-0.3, -0.25) is 9.52 Å². The van der Waals surface area contributed by atoms with Crippen molar-refractivity contribution in [3.8, 4) is 0 Å². The Kier molecular flexibility index (Phi) is 6.49. The summed E-state index contributed by atoms with van der Waals surface area (Å²) in [5.41, 5.74) is 0.745. The van der Waals surface area contributed by atoms with Crippen LogP contribution < -0.4 is 10.0 Å². The first kappa shape index (κ1) is 22.3. The van der Waals surface area contributed by atoms with Crippen LogP contribution in [0.15, 0.2) is 58.3 Å². The highest BCUT2D eigenvalue weighted by Gasteiger charge is 2.28. The van der Waals surface area contributed by atoms with Gasteiger partial charge in [-0.1, -0.05) is 6.92 Å². The molecule has 1 aliphatic heterocycles. The molecule has 2 aromatic carbocycles. The maximum absolute atomic E-state index is 12.8. The summed E-state index contributed by atoms with van der Waals surface area (Å²) in [6.45, 7) is 4.38. The maximum Gasteiger partial charge on any atom is 0.261 e. The van der Waals surface area contributed by atoms with E-state index in [4.69, 9.17) is 0 Å². The zero-order chi connectivity index (χ0) is 21.9. The lowest BCUT2D eigenvalue weighted by molar-refractivity contribution is -0.114. The Hall–Kier alpha value is -2.43. The second kappa shape index (κ2) is 8.75. The van der Waals surface area contributed by atoms with E-state index in [9.17, 15) is 21.6 Å². The molecule has 0 bridgehead atoms. The monoisotopic (exact) mass is 451 g/mol. The average Bonchev–Trinajstić information content (AvgIpc) is 2.68. The first-order valence-corrected chi connectivity index (χ1v) is 12.5. The number of nitrogens with zero attached hydrogens (tertiary/aromatic N) is 1. The predicted molar refractivity (Wildman–Crippen MR) is 115 cm³/mol. The molecule has 3 rings (SSSR count). The van der Waals surface area contributed by atoms with Crippen LogP contribution in [0.25, 0.3) is 0 Å². The van der Waals surface area contributed by atoms with Gasteiger partial charge in [0.05, 0.1) is 9.79 Å². The SMILES string of the molecule is CC(=O)Nc1ccc(S(=O)(=O)Nc2ccc(S(=O)(=O)N3CCCC(C)C3)cc2)cc1. The highest BCUT2D eigenvalue weighted by atomic mass is 32.2. The summed E-state index contributed by atoms with van der Waals surface area (Å²) < 4.78 is 54.7. The van der Waals surface area contributed by atoms with Crippen LogP contribution in [0.1, 0.15) is 26.7 Å². The van der Waals surface area contributed by atoms with Crippen molar-refractivity contribution in [2.45, 2.75) is 36.5 Å². The molecule has 1 unspecified atom stereocenters. The number of carbonyl (C=O) groups excluding carboxylic acids is 1. The third kappa shape index (κ3) is 5.18. The molecule has 1 atom stereocenters. The van der Waals surface area contributed by atoms with E-state index < -0.39 is 20.0 Å². The van der Waals surface area contributed by atoms with Crippen molar-refractivity contribution in [2.24, 2.45) is 5.92 Å². The molecule has 1 amide bonds. The quantitative estimate of drug-likeness (QED) is 0.701. The second-order valence-corrected chi connectivity index (χ2v) is 11.1. The van der Waals surface area contributed by atoms with Crippen molar-refractivity contribution in [3.05, 3.63) is 48.5 Å². The zero-order valence-corrected chi connectivity index (χ0v) is 18.5. The normalized spacial score (nSPS) is 18.0. The van der Waals surface area contributed by atoms with Gasteiger partial charge in [0.1, 0.15) is 0 Å². The summed E-state index contributed by atoms with van der Waals surface area (Å²) in [6, 6.07) is 11.4. The third-order valence-electron chi connectivity index (χ3n) is 4.85. The summed E-state index contributed by atoms with van der Waals surface area (Å²) in [5, 5.41) is 2.57. The second-order valence-electron chi connectivity index (χ2n) is 7.45. The number of carbonyl (C=O) groups is 1. The van der Waals surface area contributed by atoms with Crippen LogP contribution in [0.2, 0.25) is 0 Å². The van der Waals surface area contributed by atoms with Gasteiger partial charge in [0.2, 0.25) is 15.9 Å². The summed E-state index contributed by atoms with van der Waals surface area (Å²) >= 11 is 0. The number of benzene rings is 2. The Labute approximate surface area is 177 Å². The van der Waals surface area contributed by atoms with E-state index in [0.29, 0.717) is 24.7 Å². The summed E-state index contributed by atoms with van der Waals surface area (Å²) in [6.07, 6.45) is 1.84. The Balaban J connectivity index is 1.74. The number of amides is 1. The van der Waals surface area contributed by atoms with Crippen molar-refractivity contribution in [3.63, 3.8) is 0 Å². The van der Waals surface area contributed by atoms with Crippen molar-refractivity contribution < 1.29 is 21.6 Å². The van der Waals surface area contributed by atoms with E-state index in [-0.39, 0.29) is 21.4 Å². The van der Waals surface area contributed by atoms with Crippen LogP contribution >= 0.6 is 0 Å². The molecule has 0 radical (unpaired) electrons. The van der Waals surface area contributed by atoms with Crippen molar-refractivity contribution >= 4 is 37.3 Å². The molecule has 0 saturated carbocycles. The molecular weight excluding hydrogens is 426 g/mol. The highest BCUT2D eigenvalue weighted by Crippen LogP contribution is 2.25. The van der Waals surface area contributed by atoms with Crippen molar-refractivity contribution in [1.29, 1.82) is 0 Å². The molecule has 8 nitrogen and oxygen atoms in total. The van der Waals surface area contributed by atoms with E-state index in [2.05, 4.69) is 10.0 Å². The third-order valence-corrected chi connectivity index (χ3v) is 8.13. The smallest absolute Gasteiger partial charge is 0.261 e. The minimum Gasteiger partial charge on any atom is -0.326 e. The number of sulfonamides is 2. The molecule has 30 heavy (non-hydrogen) atoms. The molecule has 2 aromatic rings. The van der Waals surface area contributed by atoms with Crippen molar-refractivity contribution in [2.75, 3.05) is 23.1 Å². The first-order chi connectivity index (χ1) is 14.1. The van der Waals surface area contributed by atoms with E-state index in [1.165, 1.54) is 59.8 Å². The molecule has 1 fully saturated rings. The summed E-state index contributed by atoms with van der Waals surface area (Å²) in [7, 11) is -7.46. The topological polar surface area (TPSA) is 113 Å². The number of rotatable bonds is 6. The number of nitrogens with one attached hydrogen (secondary N) is 2.